The van der Waals surface area contributed by atoms with Crippen LogP contribution in [0.4, 0.5) is 0 Å². The van der Waals surface area contributed by atoms with Gasteiger partial charge in [0.05, 0.1) is 37.3 Å². The molecular weight excluding hydrogens is 272 g/mol. The topological polar surface area (TPSA) is 106 Å². The van der Waals surface area contributed by atoms with Crippen LogP contribution in [0.3, 0.4) is 0 Å². The fourth-order valence-electron chi connectivity index (χ4n) is 1.99. The van der Waals surface area contributed by atoms with E-state index in [-0.39, 0.29) is 19.7 Å². The van der Waals surface area contributed by atoms with Crippen molar-refractivity contribution in [2.75, 3.05) is 13.2 Å². The number of aliphatic hydroxyl groups is 2. The number of rotatable bonds is 8. The van der Waals surface area contributed by atoms with Crippen molar-refractivity contribution in [1.82, 2.24) is 15.0 Å². The molecule has 1 heterocycles. The lowest BCUT2D eigenvalue weighted by Crippen LogP contribution is -2.23. The van der Waals surface area contributed by atoms with E-state index in [0.717, 1.165) is 11.4 Å². The van der Waals surface area contributed by atoms with E-state index in [4.69, 9.17) is 15.6 Å². The van der Waals surface area contributed by atoms with Gasteiger partial charge in [-0.25, -0.2) is 4.68 Å². The summed E-state index contributed by atoms with van der Waals surface area (Å²) in [5.74, 6) is 0.793. The lowest BCUT2D eigenvalue weighted by molar-refractivity contribution is 0.0768. The van der Waals surface area contributed by atoms with Crippen LogP contribution in [0.2, 0.25) is 0 Å². The van der Waals surface area contributed by atoms with Crippen molar-refractivity contribution < 1.29 is 14.9 Å². The zero-order chi connectivity index (χ0) is 15.1. The third-order valence-corrected chi connectivity index (χ3v) is 3.06. The molecule has 2 aromatic rings. The maximum absolute atomic E-state index is 9.52. The van der Waals surface area contributed by atoms with Crippen molar-refractivity contribution >= 4 is 0 Å². The predicted octanol–water partition coefficient (Wildman–Crippen LogP) is -0.288. The quantitative estimate of drug-likeness (QED) is 0.617. The van der Waals surface area contributed by atoms with E-state index in [1.807, 2.05) is 30.3 Å². The second-order valence-corrected chi connectivity index (χ2v) is 4.62. The summed E-state index contributed by atoms with van der Waals surface area (Å²) < 4.78 is 7.21. The Morgan fingerprint density at radius 2 is 2.05 bits per heavy atom. The van der Waals surface area contributed by atoms with E-state index >= 15 is 0 Å². The van der Waals surface area contributed by atoms with Gasteiger partial charge in [-0.15, -0.1) is 5.10 Å². The van der Waals surface area contributed by atoms with Crippen LogP contribution >= 0.6 is 0 Å². The molecular formula is C14H20N4O3. The molecule has 0 aliphatic carbocycles. The largest absolute Gasteiger partial charge is 0.493 e. The summed E-state index contributed by atoms with van der Waals surface area (Å²) in [7, 11) is 0. The van der Waals surface area contributed by atoms with E-state index in [2.05, 4.69) is 10.3 Å². The summed E-state index contributed by atoms with van der Waals surface area (Å²) in [5, 5.41) is 26.4. The average molecular weight is 292 g/mol. The van der Waals surface area contributed by atoms with Crippen LogP contribution in [0.1, 0.15) is 11.4 Å². The number of nitrogens with two attached hydrogens (primary N) is 1. The Balaban J connectivity index is 1.99. The first kappa shape index (κ1) is 15.4. The van der Waals surface area contributed by atoms with Crippen molar-refractivity contribution in [1.29, 1.82) is 0 Å². The van der Waals surface area contributed by atoms with Gasteiger partial charge >= 0.3 is 0 Å². The van der Waals surface area contributed by atoms with Gasteiger partial charge in [0.2, 0.25) is 0 Å². The number of hydrogen-bond donors (Lipinski definition) is 3. The molecule has 0 aliphatic rings. The third-order valence-electron chi connectivity index (χ3n) is 3.06. The highest BCUT2D eigenvalue weighted by Gasteiger charge is 2.14. The Morgan fingerprint density at radius 1 is 1.29 bits per heavy atom. The van der Waals surface area contributed by atoms with Gasteiger partial charge < -0.3 is 20.7 Å². The molecule has 4 N–H and O–H groups in total. The summed E-state index contributed by atoms with van der Waals surface area (Å²) >= 11 is 0. The molecule has 0 radical (unpaired) electrons. The monoisotopic (exact) mass is 292 g/mol. The standard InChI is InChI=1S/C14H20N4O3/c15-8-13-14(18(17-16-13)9-11(20)10-19)6-7-21-12-4-2-1-3-5-12/h1-5,11,19-20H,6-10,15H2. The summed E-state index contributed by atoms with van der Waals surface area (Å²) in [6.07, 6.45) is -0.293. The number of para-hydroxylation sites is 1. The molecule has 0 saturated heterocycles. The van der Waals surface area contributed by atoms with Crippen LogP contribution in [-0.2, 0) is 19.5 Å². The van der Waals surface area contributed by atoms with Gasteiger partial charge in [-0.1, -0.05) is 23.4 Å². The maximum Gasteiger partial charge on any atom is 0.119 e. The highest BCUT2D eigenvalue weighted by Crippen LogP contribution is 2.11. The molecule has 114 valence electrons. The number of aromatic nitrogens is 3. The molecule has 2 rings (SSSR count). The maximum atomic E-state index is 9.52. The highest BCUT2D eigenvalue weighted by molar-refractivity contribution is 5.21. The van der Waals surface area contributed by atoms with Gasteiger partial charge in [-0.05, 0) is 12.1 Å². The van der Waals surface area contributed by atoms with Crippen LogP contribution in [0, 0.1) is 0 Å². The Morgan fingerprint density at radius 3 is 2.71 bits per heavy atom. The highest BCUT2D eigenvalue weighted by atomic mass is 16.5. The lowest BCUT2D eigenvalue weighted by Gasteiger charge is -2.11. The fraction of sp³-hybridized carbons (Fsp3) is 0.429. The molecule has 0 saturated carbocycles. The number of aliphatic hydroxyl groups excluding tert-OH is 2. The van der Waals surface area contributed by atoms with E-state index in [0.29, 0.717) is 18.7 Å². The van der Waals surface area contributed by atoms with Crippen LogP contribution < -0.4 is 10.5 Å². The van der Waals surface area contributed by atoms with Gasteiger partial charge in [-0.3, -0.25) is 0 Å². The van der Waals surface area contributed by atoms with Crippen LogP contribution in [0.25, 0.3) is 0 Å². The smallest absolute Gasteiger partial charge is 0.119 e. The minimum absolute atomic E-state index is 0.185. The van der Waals surface area contributed by atoms with Crippen molar-refractivity contribution in [3.63, 3.8) is 0 Å². The minimum Gasteiger partial charge on any atom is -0.493 e. The van der Waals surface area contributed by atoms with Gasteiger partial charge in [0.1, 0.15) is 5.75 Å². The van der Waals surface area contributed by atoms with Gasteiger partial charge in [0.15, 0.2) is 0 Å². The number of benzene rings is 1. The Labute approximate surface area is 123 Å². The molecule has 0 spiro atoms. The van der Waals surface area contributed by atoms with E-state index in [9.17, 15) is 5.11 Å². The summed E-state index contributed by atoms with van der Waals surface area (Å²) in [6.45, 7) is 0.595. The first-order valence-electron chi connectivity index (χ1n) is 6.82. The zero-order valence-electron chi connectivity index (χ0n) is 11.7. The number of ether oxygens (including phenoxy) is 1. The second-order valence-electron chi connectivity index (χ2n) is 4.62. The average Bonchev–Trinajstić information content (AvgIpc) is 2.90. The van der Waals surface area contributed by atoms with Crippen molar-refractivity contribution in [2.24, 2.45) is 5.73 Å². The van der Waals surface area contributed by atoms with Crippen molar-refractivity contribution in [3.8, 4) is 5.75 Å². The zero-order valence-corrected chi connectivity index (χ0v) is 11.7. The minimum atomic E-state index is -0.869. The molecule has 1 atom stereocenters. The van der Waals surface area contributed by atoms with Gasteiger partial charge in [-0.2, -0.15) is 0 Å². The van der Waals surface area contributed by atoms with Crippen LogP contribution in [0.15, 0.2) is 30.3 Å². The van der Waals surface area contributed by atoms with Crippen LogP contribution in [0.5, 0.6) is 5.75 Å². The van der Waals surface area contributed by atoms with E-state index in [1.54, 1.807) is 4.68 Å². The van der Waals surface area contributed by atoms with Gasteiger partial charge in [0.25, 0.3) is 0 Å². The van der Waals surface area contributed by atoms with Crippen LogP contribution in [-0.4, -0.2) is 44.5 Å². The third kappa shape index (κ3) is 4.25. The molecule has 1 aromatic carbocycles. The van der Waals surface area contributed by atoms with Crippen molar-refractivity contribution in [2.45, 2.75) is 25.6 Å². The molecule has 7 heteroatoms. The molecule has 0 amide bonds. The van der Waals surface area contributed by atoms with E-state index < -0.39 is 6.10 Å². The normalized spacial score (nSPS) is 12.3. The summed E-state index contributed by atoms with van der Waals surface area (Å²) in [6, 6.07) is 9.51. The summed E-state index contributed by atoms with van der Waals surface area (Å²) in [4.78, 5) is 0. The molecule has 1 aromatic heterocycles. The molecule has 1 unspecified atom stereocenters. The van der Waals surface area contributed by atoms with Crippen molar-refractivity contribution in [3.05, 3.63) is 41.7 Å². The first-order chi connectivity index (χ1) is 10.2. The Kier molecular flexibility index (Phi) is 5.68. The molecule has 0 aliphatic heterocycles. The molecule has 21 heavy (non-hydrogen) atoms. The summed E-state index contributed by atoms with van der Waals surface area (Å²) in [5.41, 5.74) is 7.14. The predicted molar refractivity (Wildman–Crippen MR) is 76.6 cm³/mol. The van der Waals surface area contributed by atoms with E-state index in [1.165, 1.54) is 0 Å². The Hall–Kier alpha value is -1.96. The molecule has 0 bridgehead atoms. The van der Waals surface area contributed by atoms with Gasteiger partial charge in [0, 0.05) is 13.0 Å². The SMILES string of the molecule is NCc1nnn(CC(O)CO)c1CCOc1ccccc1. The lowest BCUT2D eigenvalue weighted by atomic mass is 10.2. The Bertz CT molecular complexity index is 544. The molecule has 7 nitrogen and oxygen atoms in total. The fourth-order valence-corrected chi connectivity index (χ4v) is 1.99. The number of hydrogen-bond acceptors (Lipinski definition) is 6. The first-order valence-corrected chi connectivity index (χ1v) is 6.82. The number of nitrogens with zero attached hydrogens (tertiary/aromatic N) is 3. The molecule has 0 fully saturated rings. The second kappa shape index (κ2) is 7.72.